The Bertz CT molecular complexity index is 2030. The van der Waals surface area contributed by atoms with E-state index in [0.29, 0.717) is 12.8 Å². The van der Waals surface area contributed by atoms with E-state index in [-0.39, 0.29) is 64.4 Å². The van der Waals surface area contributed by atoms with Crippen molar-refractivity contribution in [1.82, 2.24) is 20.9 Å². The van der Waals surface area contributed by atoms with Crippen molar-refractivity contribution in [2.75, 3.05) is 21.1 Å². The maximum absolute atomic E-state index is 12.9. The van der Waals surface area contributed by atoms with Gasteiger partial charge in [-0.3, -0.25) is 21.2 Å². The number of halogens is 1. The average Bonchev–Trinajstić information content (AvgIpc) is 3.30. The summed E-state index contributed by atoms with van der Waals surface area (Å²) in [6.45, 7) is 35.4. The second kappa shape index (κ2) is 43.7. The smallest absolute Gasteiger partial charge is 1.00 e. The fraction of sp³-hybridized carbons (Fsp3) is 0.345. The van der Waals surface area contributed by atoms with Gasteiger partial charge in [0.2, 0.25) is 5.91 Å². The van der Waals surface area contributed by atoms with Crippen LogP contribution in [0.3, 0.4) is 0 Å². The number of hydrogen-bond acceptors (Lipinski definition) is 10. The first-order chi connectivity index (χ1) is 32.9. The van der Waals surface area contributed by atoms with E-state index in [1.165, 1.54) is 17.7 Å². The molecule has 0 aromatic heterocycles. The maximum Gasteiger partial charge on any atom is 2.00 e. The second-order valence-electron chi connectivity index (χ2n) is 16.5. The molecule has 7 N–H and O–H groups in total. The van der Waals surface area contributed by atoms with Gasteiger partial charge in [0, 0.05) is 20.3 Å². The monoisotopic (exact) mass is 1070 g/mol. The summed E-state index contributed by atoms with van der Waals surface area (Å²) in [5.74, 6) is -2.33. The number of likely N-dealkylation sites (N-methyl/N-ethyl adjacent to an activating group) is 2. The van der Waals surface area contributed by atoms with Crippen LogP contribution in [0.5, 0.6) is 0 Å². The third-order valence-electron chi connectivity index (χ3n) is 8.43. The van der Waals surface area contributed by atoms with Gasteiger partial charge in [-0.25, -0.2) is 14.4 Å². The number of aliphatic imine (C=N–C) groups is 1. The van der Waals surface area contributed by atoms with Gasteiger partial charge in [0.05, 0.1) is 12.1 Å². The van der Waals surface area contributed by atoms with Gasteiger partial charge in [-0.15, -0.1) is 32.9 Å². The van der Waals surface area contributed by atoms with E-state index in [2.05, 4.69) is 79.1 Å². The summed E-state index contributed by atoms with van der Waals surface area (Å²) < 4.78 is 10.2. The fourth-order valence-electron chi connectivity index (χ4n) is 5.28. The van der Waals surface area contributed by atoms with Gasteiger partial charge in [-0.05, 0) is 84.5 Å². The summed E-state index contributed by atoms with van der Waals surface area (Å²) in [7, 11) is 5.39. The van der Waals surface area contributed by atoms with Crippen LogP contribution in [-0.2, 0) is 23.9 Å². The number of aliphatic carboxylic acids is 2. The standard InChI is InChI=1S/C20H28N2O3.C10H17NO4.C10H13N.C8H9N.C5H9NO2.C2H3.BrH.Mg/c1-7-12-16(21-19(24)25-20(3,4)5)18(23)22(6)17(8-2)15-13-10-9-11-14-15;1-5-6-7(8(12)13)11-9(14)15-10(2,3)4;1-3-10(11-2)9-7-5-4-6-8-9;1-9-7-8-5-3-2-4-6-8;1-2-3-4(6)5(7)8;1-2;;/h7-11,13-14,16-17H,1-2,12H2,3-6H3,(H,21,24);5,7H,1,6H2,2-4H3,(H,11,14)(H,12,13);3-8,10-11H,1H2,2H3;2-7H,1H3;2,4H,1,3,6H2,(H,7,8);1H,2H2;1H;/q;;;;;-1;;+2/p-1/t16-,17?;7-;;;4-;;;/m00..0.../s1. The number of carboxylic acids is 2. The van der Waals surface area contributed by atoms with Crippen molar-refractivity contribution < 1.29 is 60.6 Å². The Morgan fingerprint density at radius 1 is 0.681 bits per heavy atom. The first kappa shape index (κ1) is 74.8. The number of rotatable bonds is 18. The van der Waals surface area contributed by atoms with Gasteiger partial charge >= 0.3 is 47.2 Å². The molecule has 0 spiro atoms. The number of nitrogens with one attached hydrogen (secondary N) is 3. The van der Waals surface area contributed by atoms with Crippen molar-refractivity contribution in [2.24, 2.45) is 10.7 Å². The number of benzene rings is 3. The summed E-state index contributed by atoms with van der Waals surface area (Å²) >= 11 is 0. The number of alkyl carbamates (subject to hydrolysis) is 2. The molecule has 2 unspecified atom stereocenters. The normalized spacial score (nSPS) is 11.9. The molecule has 0 saturated heterocycles. The SMILES string of the molecule is C=CC(NC)c1ccccc1.C=CC[C@H](N)C(=O)O.C=CC[C@H](NC(=O)OC(C)(C)C)C(=O)N(C)C(C=C)c1ccccc1.C=CC[C@H](NC(=O)OC(C)(C)C)C(=O)O.CN=Cc1ccccc1.[Br-].[CH-]=C.[Mg+2]. The van der Waals surface area contributed by atoms with Crippen LogP contribution in [-0.4, -0.2) is 125 Å². The Morgan fingerprint density at radius 2 is 1.07 bits per heavy atom. The summed E-state index contributed by atoms with van der Waals surface area (Å²) in [5, 5.41) is 24.9. The van der Waals surface area contributed by atoms with E-state index < -0.39 is 53.5 Å². The van der Waals surface area contributed by atoms with Crippen LogP contribution in [0, 0.1) is 6.58 Å². The zero-order chi connectivity index (χ0) is 54.3. The number of ether oxygens (including phenoxy) is 2. The molecule has 0 bridgehead atoms. The molecule has 3 aromatic rings. The van der Waals surface area contributed by atoms with Crippen LogP contribution in [0.1, 0.15) is 89.6 Å². The molecular weight excluding hydrogens is 993 g/mol. The second-order valence-corrected chi connectivity index (χ2v) is 16.5. The van der Waals surface area contributed by atoms with E-state index in [4.69, 9.17) is 25.4 Å². The van der Waals surface area contributed by atoms with Gasteiger partial charge in [-0.2, -0.15) is 0 Å². The fourth-order valence-corrected chi connectivity index (χ4v) is 5.28. The minimum atomic E-state index is -1.11. The van der Waals surface area contributed by atoms with Crippen molar-refractivity contribution in [3.8, 4) is 0 Å². The summed E-state index contributed by atoms with van der Waals surface area (Å²) in [6.07, 6.45) is 9.37. The summed E-state index contributed by atoms with van der Waals surface area (Å²) in [5.41, 5.74) is 7.14. The van der Waals surface area contributed by atoms with Crippen molar-refractivity contribution in [3.05, 3.63) is 184 Å². The molecular formula is C55H79BrMgN6O9. The third kappa shape index (κ3) is 37.7. The predicted octanol–water partition coefficient (Wildman–Crippen LogP) is 6.45. The van der Waals surface area contributed by atoms with Crippen LogP contribution in [0.25, 0.3) is 0 Å². The number of carbonyl (C=O) groups is 5. The van der Waals surface area contributed by atoms with E-state index in [1.54, 1.807) is 72.7 Å². The molecule has 392 valence electrons. The Labute approximate surface area is 456 Å². The van der Waals surface area contributed by atoms with Gasteiger partial charge in [0.1, 0.15) is 29.3 Å². The molecule has 3 rings (SSSR count). The summed E-state index contributed by atoms with van der Waals surface area (Å²) in [6, 6.07) is 27.3. The van der Waals surface area contributed by atoms with Crippen LogP contribution >= 0.6 is 0 Å². The molecule has 0 heterocycles. The molecule has 5 atom stereocenters. The molecule has 72 heavy (non-hydrogen) atoms. The Morgan fingerprint density at radius 3 is 1.39 bits per heavy atom. The van der Waals surface area contributed by atoms with Crippen LogP contribution in [0.2, 0.25) is 0 Å². The van der Waals surface area contributed by atoms with E-state index in [1.807, 2.05) is 98.2 Å². The molecule has 0 radical (unpaired) electrons. The van der Waals surface area contributed by atoms with E-state index in [0.717, 1.165) is 11.1 Å². The van der Waals surface area contributed by atoms with E-state index in [9.17, 15) is 24.0 Å². The third-order valence-corrected chi connectivity index (χ3v) is 8.43. The molecule has 0 saturated carbocycles. The molecule has 0 aliphatic rings. The molecule has 0 aliphatic heterocycles. The molecule has 0 aliphatic carbocycles. The van der Waals surface area contributed by atoms with Crippen LogP contribution in [0.15, 0.2) is 166 Å². The molecule has 0 fully saturated rings. The first-order valence-electron chi connectivity index (χ1n) is 22.1. The minimum absolute atomic E-state index is 0. The number of carboxylic acid groups (broad SMARTS) is 2. The largest absolute Gasteiger partial charge is 2.00 e. The van der Waals surface area contributed by atoms with Gasteiger partial charge < -0.3 is 69.8 Å². The topological polar surface area (TPSA) is 222 Å². The first-order valence-corrected chi connectivity index (χ1v) is 22.1. The molecule has 15 nitrogen and oxygen atoms in total. The zero-order valence-corrected chi connectivity index (χ0v) is 46.8. The Kier molecular flexibility index (Phi) is 45.4. The number of amides is 3. The average molecular weight is 1070 g/mol. The van der Waals surface area contributed by atoms with Crippen molar-refractivity contribution in [3.63, 3.8) is 0 Å². The number of hydrogen-bond donors (Lipinski definition) is 6. The van der Waals surface area contributed by atoms with Gasteiger partial charge in [0.15, 0.2) is 0 Å². The van der Waals surface area contributed by atoms with Crippen LogP contribution in [0.4, 0.5) is 9.59 Å². The minimum Gasteiger partial charge on any atom is -1.00 e. The predicted molar refractivity (Wildman–Crippen MR) is 290 cm³/mol. The molecule has 3 aromatic carbocycles. The van der Waals surface area contributed by atoms with Crippen molar-refractivity contribution >= 4 is 59.3 Å². The summed E-state index contributed by atoms with van der Waals surface area (Å²) in [4.78, 5) is 62.1. The van der Waals surface area contributed by atoms with Crippen molar-refractivity contribution in [1.29, 1.82) is 0 Å². The molecule has 17 heteroatoms. The van der Waals surface area contributed by atoms with Gasteiger partial charge in [0.25, 0.3) is 0 Å². The zero-order valence-electron chi connectivity index (χ0n) is 43.8. The number of nitrogens with two attached hydrogens (primary N) is 1. The number of nitrogens with zero attached hydrogens (tertiary/aromatic N) is 2. The number of carbonyl (C=O) groups excluding carboxylic acids is 3. The van der Waals surface area contributed by atoms with Crippen molar-refractivity contribution in [2.45, 2.75) is 102 Å². The molecule has 3 amide bonds. The van der Waals surface area contributed by atoms with Crippen LogP contribution < -0.4 is 38.7 Å². The Hall–Kier alpha value is -6.11. The maximum atomic E-state index is 12.9. The quantitative estimate of drug-likeness (QED) is 0.0352. The van der Waals surface area contributed by atoms with Gasteiger partial charge in [-0.1, -0.05) is 121 Å². The Balaban J connectivity index is -0.000000273. The van der Waals surface area contributed by atoms with E-state index >= 15 is 0 Å².